The van der Waals surface area contributed by atoms with Crippen molar-refractivity contribution in [2.75, 3.05) is 14.1 Å². The van der Waals surface area contributed by atoms with E-state index in [2.05, 4.69) is 5.32 Å². The van der Waals surface area contributed by atoms with E-state index in [-0.39, 0.29) is 23.1 Å². The summed E-state index contributed by atoms with van der Waals surface area (Å²) in [6.45, 7) is 0.307. The lowest BCUT2D eigenvalue weighted by atomic mass is 10.1. The lowest BCUT2D eigenvalue weighted by molar-refractivity contribution is 0.0827. The summed E-state index contributed by atoms with van der Waals surface area (Å²) in [5.74, 6) is -0.462. The number of nitrogens with zero attached hydrogens (tertiary/aromatic N) is 1. The summed E-state index contributed by atoms with van der Waals surface area (Å²) in [6.07, 6.45) is 0. The van der Waals surface area contributed by atoms with Gasteiger partial charge in [0.05, 0.1) is 5.56 Å². The lowest BCUT2D eigenvalue weighted by Gasteiger charge is -2.11. The summed E-state index contributed by atoms with van der Waals surface area (Å²) in [5.41, 5.74) is 1.70. The van der Waals surface area contributed by atoms with Crippen molar-refractivity contribution in [3.05, 3.63) is 77.4 Å². The van der Waals surface area contributed by atoms with Crippen molar-refractivity contribution in [3.63, 3.8) is 0 Å². The number of hydrogen-bond acceptors (Lipinski definition) is 3. The first-order valence-corrected chi connectivity index (χ1v) is 8.26. The van der Waals surface area contributed by atoms with Gasteiger partial charge in [0.25, 0.3) is 11.8 Å². The van der Waals surface area contributed by atoms with Crippen LogP contribution in [0.4, 0.5) is 0 Å². The van der Waals surface area contributed by atoms with Gasteiger partial charge in [-0.25, -0.2) is 0 Å². The molecule has 26 heavy (non-hydrogen) atoms. The molecule has 132 valence electrons. The van der Waals surface area contributed by atoms with Gasteiger partial charge in [0.15, 0.2) is 0 Å². The van der Waals surface area contributed by atoms with Gasteiger partial charge in [-0.15, -0.1) is 0 Å². The molecule has 0 bridgehead atoms. The number of carbonyl (C=O) groups excluding carboxylic acids is 2. The van der Waals surface area contributed by atoms with E-state index in [0.717, 1.165) is 16.3 Å². The van der Waals surface area contributed by atoms with E-state index in [9.17, 15) is 14.7 Å². The molecular weight excluding hydrogens is 328 g/mol. The highest BCUT2D eigenvalue weighted by Gasteiger charge is 2.13. The maximum atomic E-state index is 12.4. The van der Waals surface area contributed by atoms with E-state index in [1.807, 2.05) is 24.3 Å². The van der Waals surface area contributed by atoms with E-state index in [4.69, 9.17) is 0 Å². The van der Waals surface area contributed by atoms with Gasteiger partial charge in [0.1, 0.15) is 5.75 Å². The zero-order valence-corrected chi connectivity index (χ0v) is 14.7. The van der Waals surface area contributed by atoms with Crippen LogP contribution in [-0.4, -0.2) is 35.9 Å². The maximum Gasteiger partial charge on any atom is 0.255 e. The number of fused-ring (bicyclic) bond motifs is 1. The Kier molecular flexibility index (Phi) is 4.89. The molecule has 0 saturated heterocycles. The van der Waals surface area contributed by atoms with E-state index < -0.39 is 0 Å². The number of nitrogens with one attached hydrogen (secondary N) is 1. The van der Waals surface area contributed by atoms with Crippen molar-refractivity contribution >= 4 is 22.6 Å². The molecule has 0 aromatic heterocycles. The average Bonchev–Trinajstić information content (AvgIpc) is 2.65. The van der Waals surface area contributed by atoms with E-state index in [0.29, 0.717) is 12.1 Å². The van der Waals surface area contributed by atoms with Crippen molar-refractivity contribution in [1.29, 1.82) is 0 Å². The van der Waals surface area contributed by atoms with Crippen LogP contribution in [0, 0.1) is 0 Å². The third kappa shape index (κ3) is 3.67. The minimum atomic E-state index is -0.346. The Hall–Kier alpha value is -3.34. The van der Waals surface area contributed by atoms with E-state index in [1.165, 1.54) is 4.90 Å². The second kappa shape index (κ2) is 7.27. The van der Waals surface area contributed by atoms with Gasteiger partial charge in [0, 0.05) is 26.2 Å². The first-order valence-electron chi connectivity index (χ1n) is 8.26. The first kappa shape index (κ1) is 17.5. The summed E-state index contributed by atoms with van der Waals surface area (Å²) in [5, 5.41) is 14.7. The SMILES string of the molecule is CN(C)C(=O)c1ccc(CNC(=O)c2cc3ccccc3cc2O)cc1. The zero-order chi connectivity index (χ0) is 18.7. The molecule has 0 unspecified atom stereocenters. The molecule has 0 aliphatic rings. The Morgan fingerprint density at radius 2 is 1.58 bits per heavy atom. The molecule has 3 aromatic carbocycles. The smallest absolute Gasteiger partial charge is 0.255 e. The highest BCUT2D eigenvalue weighted by molar-refractivity contribution is 6.01. The second-order valence-corrected chi connectivity index (χ2v) is 6.30. The predicted molar refractivity (Wildman–Crippen MR) is 101 cm³/mol. The number of amides is 2. The molecule has 0 fully saturated rings. The van der Waals surface area contributed by atoms with Gasteiger partial charge >= 0.3 is 0 Å². The molecule has 2 N–H and O–H groups in total. The van der Waals surface area contributed by atoms with Crippen LogP contribution >= 0.6 is 0 Å². The standard InChI is InChI=1S/C21H20N2O3/c1-23(2)21(26)15-9-7-14(8-10-15)13-22-20(25)18-11-16-5-3-4-6-17(16)12-19(18)24/h3-12,24H,13H2,1-2H3,(H,22,25). The van der Waals surface area contributed by atoms with E-state index in [1.54, 1.807) is 50.5 Å². The summed E-state index contributed by atoms with van der Waals surface area (Å²) in [4.78, 5) is 25.8. The van der Waals surface area contributed by atoms with Crippen molar-refractivity contribution in [2.45, 2.75) is 6.54 Å². The second-order valence-electron chi connectivity index (χ2n) is 6.30. The van der Waals surface area contributed by atoms with Gasteiger partial charge in [0.2, 0.25) is 0 Å². The first-order chi connectivity index (χ1) is 12.5. The van der Waals surface area contributed by atoms with Gasteiger partial charge in [-0.3, -0.25) is 9.59 Å². The fourth-order valence-electron chi connectivity index (χ4n) is 2.71. The van der Waals surface area contributed by atoms with Gasteiger partial charge in [-0.1, -0.05) is 36.4 Å². The Labute approximate surface area is 151 Å². The van der Waals surface area contributed by atoms with Gasteiger partial charge in [-0.2, -0.15) is 0 Å². The number of aromatic hydroxyl groups is 1. The average molecular weight is 348 g/mol. The molecule has 0 spiro atoms. The Morgan fingerprint density at radius 1 is 0.962 bits per heavy atom. The quantitative estimate of drug-likeness (QED) is 0.761. The third-order valence-electron chi connectivity index (χ3n) is 4.17. The fraction of sp³-hybridized carbons (Fsp3) is 0.143. The molecule has 0 radical (unpaired) electrons. The van der Waals surface area contributed by atoms with Crippen LogP contribution in [-0.2, 0) is 6.54 Å². The summed E-state index contributed by atoms with van der Waals surface area (Å²) in [6, 6.07) is 17.9. The number of phenols is 1. The van der Waals surface area contributed by atoms with Gasteiger partial charge < -0.3 is 15.3 Å². The molecule has 5 heteroatoms. The molecule has 0 atom stereocenters. The number of phenolic OH excluding ortho intramolecular Hbond substituents is 1. The van der Waals surface area contributed by atoms with Crippen LogP contribution in [0.2, 0.25) is 0 Å². The van der Waals surface area contributed by atoms with Crippen LogP contribution in [0.5, 0.6) is 5.75 Å². The molecule has 0 saturated carbocycles. The number of rotatable bonds is 4. The Morgan fingerprint density at radius 3 is 2.19 bits per heavy atom. The van der Waals surface area contributed by atoms with Crippen LogP contribution in [0.25, 0.3) is 10.8 Å². The van der Waals surface area contributed by atoms with Gasteiger partial charge in [-0.05, 0) is 40.6 Å². The number of benzene rings is 3. The molecule has 0 aliphatic carbocycles. The minimum Gasteiger partial charge on any atom is -0.507 e. The summed E-state index contributed by atoms with van der Waals surface area (Å²) >= 11 is 0. The molecule has 0 aliphatic heterocycles. The molecule has 2 amide bonds. The Bertz CT molecular complexity index is 963. The topological polar surface area (TPSA) is 69.6 Å². The normalized spacial score (nSPS) is 10.5. The highest BCUT2D eigenvalue weighted by atomic mass is 16.3. The Balaban J connectivity index is 1.71. The third-order valence-corrected chi connectivity index (χ3v) is 4.17. The molecule has 5 nitrogen and oxygen atoms in total. The monoisotopic (exact) mass is 348 g/mol. The largest absolute Gasteiger partial charge is 0.507 e. The molecule has 0 heterocycles. The van der Waals surface area contributed by atoms with Crippen molar-refractivity contribution in [3.8, 4) is 5.75 Å². The highest BCUT2D eigenvalue weighted by Crippen LogP contribution is 2.25. The summed E-state index contributed by atoms with van der Waals surface area (Å²) in [7, 11) is 3.40. The van der Waals surface area contributed by atoms with Crippen molar-refractivity contribution < 1.29 is 14.7 Å². The van der Waals surface area contributed by atoms with Crippen molar-refractivity contribution in [1.82, 2.24) is 10.2 Å². The van der Waals surface area contributed by atoms with E-state index >= 15 is 0 Å². The van der Waals surface area contributed by atoms with Crippen LogP contribution in [0.3, 0.4) is 0 Å². The van der Waals surface area contributed by atoms with Crippen LogP contribution in [0.15, 0.2) is 60.7 Å². The molecule has 3 aromatic rings. The van der Waals surface area contributed by atoms with Crippen LogP contribution < -0.4 is 5.32 Å². The predicted octanol–water partition coefficient (Wildman–Crippen LogP) is 3.18. The number of hydrogen-bond donors (Lipinski definition) is 2. The van der Waals surface area contributed by atoms with Crippen molar-refractivity contribution in [2.24, 2.45) is 0 Å². The molecular formula is C21H20N2O3. The zero-order valence-electron chi connectivity index (χ0n) is 14.7. The van der Waals surface area contributed by atoms with Crippen LogP contribution in [0.1, 0.15) is 26.3 Å². The molecule has 3 rings (SSSR count). The fourth-order valence-corrected chi connectivity index (χ4v) is 2.71. The number of carbonyl (C=O) groups is 2. The summed E-state index contributed by atoms with van der Waals surface area (Å²) < 4.78 is 0. The maximum absolute atomic E-state index is 12.4. The lowest BCUT2D eigenvalue weighted by Crippen LogP contribution is -2.23. The minimum absolute atomic E-state index is 0.0480.